The Kier molecular flexibility index (Phi) is 8.62. The fourth-order valence-corrected chi connectivity index (χ4v) is 4.04. The van der Waals surface area contributed by atoms with E-state index in [0.29, 0.717) is 16.9 Å². The monoisotopic (exact) mass is 514 g/mol. The summed E-state index contributed by atoms with van der Waals surface area (Å²) in [5, 5.41) is 10.1. The van der Waals surface area contributed by atoms with Gasteiger partial charge in [0.2, 0.25) is 0 Å². The van der Waals surface area contributed by atoms with Crippen molar-refractivity contribution in [2.45, 2.75) is 13.8 Å². The zero-order valence-electron chi connectivity index (χ0n) is 20.4. The van der Waals surface area contributed by atoms with Crippen LogP contribution in [0.5, 0.6) is 5.75 Å². The van der Waals surface area contributed by atoms with Gasteiger partial charge in [-0.1, -0.05) is 42.0 Å². The second kappa shape index (κ2) is 12.5. The summed E-state index contributed by atoms with van der Waals surface area (Å²) < 4.78 is 10.4. The lowest BCUT2D eigenvalue weighted by Gasteiger charge is -2.08. The Morgan fingerprint density at radius 1 is 1.03 bits per heavy atom. The molecule has 4 aromatic rings. The lowest BCUT2D eigenvalue weighted by atomic mass is 10.1. The lowest BCUT2D eigenvalue weighted by molar-refractivity contribution is -0.145. The summed E-state index contributed by atoms with van der Waals surface area (Å²) >= 11 is 1.51. The van der Waals surface area contributed by atoms with Crippen LogP contribution in [0, 0.1) is 6.92 Å². The summed E-state index contributed by atoms with van der Waals surface area (Å²) in [5.74, 6) is -0.354. The van der Waals surface area contributed by atoms with Gasteiger partial charge in [-0.3, -0.25) is 4.79 Å². The van der Waals surface area contributed by atoms with E-state index in [0.717, 1.165) is 22.1 Å². The van der Waals surface area contributed by atoms with Crippen LogP contribution in [0.15, 0.2) is 83.3 Å². The van der Waals surface area contributed by atoms with E-state index in [1.807, 2.05) is 48.7 Å². The van der Waals surface area contributed by atoms with Crippen molar-refractivity contribution >= 4 is 40.2 Å². The summed E-state index contributed by atoms with van der Waals surface area (Å²) in [6.07, 6.45) is 1.46. The van der Waals surface area contributed by atoms with Gasteiger partial charge < -0.3 is 14.8 Å². The number of esters is 1. The largest absolute Gasteiger partial charge is 0.481 e. The molecule has 0 unspecified atom stereocenters. The number of rotatable bonds is 10. The van der Waals surface area contributed by atoms with Crippen molar-refractivity contribution in [3.8, 4) is 17.0 Å². The number of amides is 1. The molecule has 0 aliphatic heterocycles. The molecule has 3 aromatic carbocycles. The second-order valence-electron chi connectivity index (χ2n) is 7.94. The van der Waals surface area contributed by atoms with Crippen molar-refractivity contribution in [1.82, 2.24) is 10.4 Å². The maximum atomic E-state index is 12.5. The summed E-state index contributed by atoms with van der Waals surface area (Å²) in [6.45, 7) is 3.86. The van der Waals surface area contributed by atoms with Gasteiger partial charge in [0.1, 0.15) is 5.75 Å². The number of para-hydroxylation sites is 1. The summed E-state index contributed by atoms with van der Waals surface area (Å²) in [6, 6.07) is 22.3. The van der Waals surface area contributed by atoms with Gasteiger partial charge in [0.25, 0.3) is 5.91 Å². The van der Waals surface area contributed by atoms with Crippen LogP contribution in [-0.2, 0) is 9.53 Å². The number of anilines is 2. The molecule has 0 fully saturated rings. The summed E-state index contributed by atoms with van der Waals surface area (Å²) in [4.78, 5) is 28.7. The normalized spacial score (nSPS) is 10.8. The first-order valence-electron chi connectivity index (χ1n) is 11.6. The average Bonchev–Trinajstić information content (AvgIpc) is 3.38. The third-order valence-corrected chi connectivity index (χ3v) is 5.95. The SMILES string of the molecule is CCOC(=O)COc1ccccc1/C=N\NC(=O)c1ccc(-c2csc(Nc3ccc(C)cc3)n2)cc1. The quantitative estimate of drug-likeness (QED) is 0.163. The van der Waals surface area contributed by atoms with E-state index in [1.165, 1.54) is 23.1 Å². The zero-order chi connectivity index (χ0) is 26.0. The summed E-state index contributed by atoms with van der Waals surface area (Å²) in [7, 11) is 0. The Morgan fingerprint density at radius 2 is 1.78 bits per heavy atom. The van der Waals surface area contributed by atoms with Crippen LogP contribution in [0.2, 0.25) is 0 Å². The first kappa shape index (κ1) is 25.6. The number of hydrogen-bond acceptors (Lipinski definition) is 8. The molecule has 0 radical (unpaired) electrons. The van der Waals surface area contributed by atoms with E-state index in [2.05, 4.69) is 20.8 Å². The minimum absolute atomic E-state index is 0.208. The highest BCUT2D eigenvalue weighted by atomic mass is 32.1. The van der Waals surface area contributed by atoms with Crippen molar-refractivity contribution in [3.63, 3.8) is 0 Å². The number of nitrogens with one attached hydrogen (secondary N) is 2. The molecular weight excluding hydrogens is 488 g/mol. The van der Waals surface area contributed by atoms with Gasteiger partial charge in [-0.15, -0.1) is 11.3 Å². The Hall–Kier alpha value is -4.50. The van der Waals surface area contributed by atoms with E-state index in [1.54, 1.807) is 43.3 Å². The fraction of sp³-hybridized carbons (Fsp3) is 0.143. The Morgan fingerprint density at radius 3 is 2.54 bits per heavy atom. The molecule has 188 valence electrons. The third kappa shape index (κ3) is 7.25. The van der Waals surface area contributed by atoms with Crippen LogP contribution in [-0.4, -0.2) is 36.3 Å². The molecule has 0 aliphatic rings. The minimum atomic E-state index is -0.456. The molecule has 0 saturated carbocycles. The Labute approximate surface area is 219 Å². The van der Waals surface area contributed by atoms with Crippen molar-refractivity contribution in [2.75, 3.05) is 18.5 Å². The third-order valence-electron chi connectivity index (χ3n) is 5.19. The van der Waals surface area contributed by atoms with Gasteiger partial charge in [0.05, 0.1) is 18.5 Å². The Bertz CT molecular complexity index is 1380. The van der Waals surface area contributed by atoms with Crippen LogP contribution in [0.4, 0.5) is 10.8 Å². The smallest absolute Gasteiger partial charge is 0.344 e. The summed E-state index contributed by atoms with van der Waals surface area (Å²) in [5.41, 5.74) is 7.49. The molecule has 8 nitrogen and oxygen atoms in total. The number of carbonyl (C=O) groups excluding carboxylic acids is 2. The van der Waals surface area contributed by atoms with E-state index < -0.39 is 5.97 Å². The van der Waals surface area contributed by atoms with Crippen molar-refractivity contribution < 1.29 is 19.1 Å². The van der Waals surface area contributed by atoms with Crippen molar-refractivity contribution in [2.24, 2.45) is 5.10 Å². The average molecular weight is 515 g/mol. The highest BCUT2D eigenvalue weighted by molar-refractivity contribution is 7.14. The number of nitrogens with zero attached hydrogens (tertiary/aromatic N) is 2. The maximum Gasteiger partial charge on any atom is 0.344 e. The van der Waals surface area contributed by atoms with Gasteiger partial charge in [0.15, 0.2) is 11.7 Å². The zero-order valence-corrected chi connectivity index (χ0v) is 21.2. The highest BCUT2D eigenvalue weighted by Gasteiger charge is 2.09. The Balaban J connectivity index is 1.34. The number of ether oxygens (including phenoxy) is 2. The highest BCUT2D eigenvalue weighted by Crippen LogP contribution is 2.27. The predicted octanol–water partition coefficient (Wildman–Crippen LogP) is 5.57. The van der Waals surface area contributed by atoms with Crippen molar-refractivity contribution in [1.29, 1.82) is 0 Å². The topological polar surface area (TPSA) is 102 Å². The number of hydrazone groups is 1. The molecule has 0 saturated heterocycles. The van der Waals surface area contributed by atoms with Crippen molar-refractivity contribution in [3.05, 3.63) is 94.9 Å². The number of aryl methyl sites for hydroxylation is 1. The molecule has 2 N–H and O–H groups in total. The molecule has 0 atom stereocenters. The van der Waals surface area contributed by atoms with Gasteiger partial charge in [-0.25, -0.2) is 15.2 Å². The van der Waals surface area contributed by atoms with Crippen LogP contribution >= 0.6 is 11.3 Å². The van der Waals surface area contributed by atoms with E-state index in [9.17, 15) is 9.59 Å². The van der Waals surface area contributed by atoms with Gasteiger partial charge in [-0.2, -0.15) is 5.10 Å². The van der Waals surface area contributed by atoms with Gasteiger partial charge in [-0.05, 0) is 50.2 Å². The molecule has 37 heavy (non-hydrogen) atoms. The molecular formula is C28H26N4O4S. The lowest BCUT2D eigenvalue weighted by Crippen LogP contribution is -2.18. The first-order valence-corrected chi connectivity index (χ1v) is 12.5. The maximum absolute atomic E-state index is 12.5. The molecule has 0 spiro atoms. The fourth-order valence-electron chi connectivity index (χ4n) is 3.30. The minimum Gasteiger partial charge on any atom is -0.481 e. The van der Waals surface area contributed by atoms with Gasteiger partial charge in [0, 0.05) is 27.8 Å². The number of benzene rings is 3. The van der Waals surface area contributed by atoms with E-state index >= 15 is 0 Å². The molecule has 0 aliphatic carbocycles. The number of carbonyl (C=O) groups is 2. The first-order chi connectivity index (χ1) is 18.0. The predicted molar refractivity (Wildman–Crippen MR) is 146 cm³/mol. The van der Waals surface area contributed by atoms with Gasteiger partial charge >= 0.3 is 5.97 Å². The van der Waals surface area contributed by atoms with Crippen LogP contribution in [0.1, 0.15) is 28.4 Å². The van der Waals surface area contributed by atoms with Crippen LogP contribution in [0.25, 0.3) is 11.3 Å². The second-order valence-corrected chi connectivity index (χ2v) is 8.80. The molecule has 0 bridgehead atoms. The molecule has 9 heteroatoms. The molecule has 4 rings (SSSR count). The van der Waals surface area contributed by atoms with Crippen LogP contribution < -0.4 is 15.5 Å². The standard InChI is InChI=1S/C28H26N4O4S/c1-3-35-26(33)17-36-25-7-5-4-6-22(25)16-29-32-27(34)21-12-10-20(11-13-21)24-18-37-28(31-24)30-23-14-8-19(2)9-15-23/h4-16,18H,3,17H2,1-2H3,(H,30,31)(H,32,34)/b29-16-. The number of aromatic nitrogens is 1. The van der Waals surface area contributed by atoms with Crippen LogP contribution in [0.3, 0.4) is 0 Å². The number of thiazole rings is 1. The molecule has 1 heterocycles. The van der Waals surface area contributed by atoms with E-state index in [4.69, 9.17) is 9.47 Å². The molecule has 1 aromatic heterocycles. The molecule has 1 amide bonds. The number of hydrogen-bond donors (Lipinski definition) is 2. The van der Waals surface area contributed by atoms with E-state index in [-0.39, 0.29) is 19.1 Å².